The lowest BCUT2D eigenvalue weighted by Crippen LogP contribution is -2.17. The number of amides is 1. The number of nitrogens with zero attached hydrogens (tertiary/aromatic N) is 1. The third-order valence-corrected chi connectivity index (χ3v) is 5.03. The van der Waals surface area contributed by atoms with Gasteiger partial charge in [0.15, 0.2) is 0 Å². The molecule has 1 amide bonds. The highest BCUT2D eigenvalue weighted by molar-refractivity contribution is 5.93. The first-order valence-electron chi connectivity index (χ1n) is 9.91. The van der Waals surface area contributed by atoms with Crippen molar-refractivity contribution in [2.75, 3.05) is 0 Å². The van der Waals surface area contributed by atoms with Crippen molar-refractivity contribution in [2.24, 2.45) is 5.73 Å². The molecular formula is C24H21N3O5. The number of nitrogens with two attached hydrogens (primary N) is 1. The van der Waals surface area contributed by atoms with Crippen LogP contribution < -0.4 is 21.9 Å². The quantitative estimate of drug-likeness (QED) is 0.466. The summed E-state index contributed by atoms with van der Waals surface area (Å²) in [4.78, 5) is 36.0. The minimum Gasteiger partial charge on any atom is -0.489 e. The van der Waals surface area contributed by atoms with Gasteiger partial charge in [0.05, 0.1) is 6.54 Å². The average Bonchev–Trinajstić information content (AvgIpc) is 3.09. The lowest BCUT2D eigenvalue weighted by molar-refractivity contribution is 0.1000. The number of rotatable bonds is 7. The molecule has 0 fully saturated rings. The van der Waals surface area contributed by atoms with E-state index >= 15 is 0 Å². The van der Waals surface area contributed by atoms with Gasteiger partial charge in [0, 0.05) is 5.56 Å². The van der Waals surface area contributed by atoms with E-state index in [0.717, 1.165) is 32.6 Å². The van der Waals surface area contributed by atoms with Crippen LogP contribution in [0.2, 0.25) is 0 Å². The van der Waals surface area contributed by atoms with E-state index in [4.69, 9.17) is 15.0 Å². The Morgan fingerprint density at radius 3 is 2.47 bits per heavy atom. The van der Waals surface area contributed by atoms with Crippen LogP contribution in [0.5, 0.6) is 5.75 Å². The Morgan fingerprint density at radius 1 is 1.03 bits per heavy atom. The van der Waals surface area contributed by atoms with Crippen molar-refractivity contribution >= 4 is 5.91 Å². The average molecular weight is 431 g/mol. The Hall–Kier alpha value is -4.33. The fraction of sp³-hybridized carbons (Fsp3) is 0.125. The van der Waals surface area contributed by atoms with Gasteiger partial charge in [-0.3, -0.25) is 4.79 Å². The second-order valence-electron chi connectivity index (χ2n) is 7.37. The van der Waals surface area contributed by atoms with Gasteiger partial charge in [-0.15, -0.1) is 4.74 Å². The van der Waals surface area contributed by atoms with Gasteiger partial charge in [0.2, 0.25) is 5.91 Å². The maximum atomic E-state index is 11.5. The summed E-state index contributed by atoms with van der Waals surface area (Å²) in [5.41, 5.74) is 10.0. The van der Waals surface area contributed by atoms with Crippen LogP contribution in [-0.4, -0.2) is 15.6 Å². The van der Waals surface area contributed by atoms with Crippen LogP contribution in [0.1, 0.15) is 27.0 Å². The van der Waals surface area contributed by atoms with Gasteiger partial charge < -0.3 is 15.0 Å². The Bertz CT molecular complexity index is 1380. The van der Waals surface area contributed by atoms with Crippen LogP contribution in [0.25, 0.3) is 11.1 Å². The Morgan fingerprint density at radius 2 is 1.81 bits per heavy atom. The van der Waals surface area contributed by atoms with Gasteiger partial charge in [-0.25, -0.2) is 14.6 Å². The van der Waals surface area contributed by atoms with Crippen molar-refractivity contribution in [2.45, 2.75) is 20.1 Å². The number of aryl methyl sites for hydroxylation is 1. The third kappa shape index (κ3) is 4.70. The Kier molecular flexibility index (Phi) is 5.76. The number of ether oxygens (including phenoxy) is 1. The number of aromatic nitrogens is 2. The molecule has 3 aromatic carbocycles. The summed E-state index contributed by atoms with van der Waals surface area (Å²) in [6, 6.07) is 20.6. The van der Waals surface area contributed by atoms with Gasteiger partial charge >= 0.3 is 11.4 Å². The molecule has 8 nitrogen and oxygen atoms in total. The fourth-order valence-corrected chi connectivity index (χ4v) is 3.41. The molecule has 0 unspecified atom stereocenters. The predicted molar refractivity (Wildman–Crippen MR) is 119 cm³/mol. The van der Waals surface area contributed by atoms with Crippen LogP contribution in [0.15, 0.2) is 80.8 Å². The lowest BCUT2D eigenvalue weighted by Gasteiger charge is -2.11. The first kappa shape index (κ1) is 20.9. The number of carbonyl (C=O) groups is 1. The number of hydrogen-bond acceptors (Lipinski definition) is 5. The molecule has 0 radical (unpaired) electrons. The first-order chi connectivity index (χ1) is 15.4. The van der Waals surface area contributed by atoms with Crippen molar-refractivity contribution < 1.29 is 14.1 Å². The number of benzene rings is 3. The summed E-state index contributed by atoms with van der Waals surface area (Å²) in [6.07, 6.45) is 0. The first-order valence-corrected chi connectivity index (χ1v) is 9.91. The third-order valence-electron chi connectivity index (χ3n) is 5.03. The molecule has 1 aromatic heterocycles. The van der Waals surface area contributed by atoms with Crippen LogP contribution >= 0.6 is 0 Å². The van der Waals surface area contributed by atoms with Crippen molar-refractivity contribution in [3.05, 3.63) is 110 Å². The van der Waals surface area contributed by atoms with Gasteiger partial charge in [-0.05, 0) is 65.1 Å². The van der Waals surface area contributed by atoms with Crippen molar-refractivity contribution in [3.8, 4) is 16.9 Å². The molecule has 0 atom stereocenters. The zero-order chi connectivity index (χ0) is 22.7. The summed E-state index contributed by atoms with van der Waals surface area (Å²) >= 11 is 0. The van der Waals surface area contributed by atoms with Gasteiger partial charge in [0.1, 0.15) is 12.4 Å². The predicted octanol–water partition coefficient (Wildman–Crippen LogP) is 2.83. The number of nitrogens with one attached hydrogen (secondary N) is 1. The second kappa shape index (κ2) is 8.81. The zero-order valence-electron chi connectivity index (χ0n) is 17.3. The molecule has 0 aliphatic heterocycles. The SMILES string of the molecule is Cc1cc(C(N)=O)ccc1-c1cccc(COc2ccc(Cn3oc(=O)[nH]c3=O)cc2)c1. The van der Waals surface area contributed by atoms with Crippen molar-refractivity contribution in [1.29, 1.82) is 0 Å². The van der Waals surface area contributed by atoms with E-state index in [-0.39, 0.29) is 6.54 Å². The van der Waals surface area contributed by atoms with Gasteiger partial charge in [-0.1, -0.05) is 36.4 Å². The highest BCUT2D eigenvalue weighted by Gasteiger charge is 2.08. The normalized spacial score (nSPS) is 10.8. The molecule has 1 heterocycles. The molecule has 32 heavy (non-hydrogen) atoms. The number of hydrogen-bond donors (Lipinski definition) is 2. The lowest BCUT2D eigenvalue weighted by atomic mass is 9.97. The second-order valence-corrected chi connectivity index (χ2v) is 7.37. The minimum atomic E-state index is -0.781. The summed E-state index contributed by atoms with van der Waals surface area (Å²) in [6.45, 7) is 2.46. The van der Waals surface area contributed by atoms with E-state index in [9.17, 15) is 14.4 Å². The molecule has 0 saturated heterocycles. The maximum Gasteiger partial charge on any atom is 0.440 e. The van der Waals surface area contributed by atoms with Gasteiger partial charge in [-0.2, -0.15) is 0 Å². The smallest absolute Gasteiger partial charge is 0.440 e. The standard InChI is InChI=1S/C24H21N3O5/c1-15-11-19(22(25)28)7-10-21(15)18-4-2-3-17(12-18)14-31-20-8-5-16(6-9-20)13-27-23(29)26-24(30)32-27/h2-12H,13-14H2,1H3,(H2,25,28)(H,26,29,30). The van der Waals surface area contributed by atoms with E-state index in [0.29, 0.717) is 17.9 Å². The van der Waals surface area contributed by atoms with Crippen LogP contribution in [0.4, 0.5) is 0 Å². The largest absolute Gasteiger partial charge is 0.489 e. The van der Waals surface area contributed by atoms with E-state index < -0.39 is 17.4 Å². The highest BCUT2D eigenvalue weighted by atomic mass is 16.5. The molecule has 4 aromatic rings. The molecule has 162 valence electrons. The fourth-order valence-electron chi connectivity index (χ4n) is 3.41. The van der Waals surface area contributed by atoms with Crippen LogP contribution in [0, 0.1) is 6.92 Å². The number of carbonyl (C=O) groups excluding carboxylic acids is 1. The highest BCUT2D eigenvalue weighted by Crippen LogP contribution is 2.26. The van der Waals surface area contributed by atoms with E-state index in [1.54, 1.807) is 36.4 Å². The maximum absolute atomic E-state index is 11.5. The molecule has 0 saturated carbocycles. The Labute approximate surface area is 182 Å². The molecule has 0 aliphatic carbocycles. The molecule has 0 bridgehead atoms. The molecule has 8 heteroatoms. The minimum absolute atomic E-state index is 0.147. The van der Waals surface area contributed by atoms with Crippen molar-refractivity contribution in [1.82, 2.24) is 9.72 Å². The summed E-state index contributed by atoms with van der Waals surface area (Å²) in [5.74, 6) is -0.558. The van der Waals surface area contributed by atoms with Crippen molar-refractivity contribution in [3.63, 3.8) is 0 Å². The topological polar surface area (TPSA) is 120 Å². The Balaban J connectivity index is 1.43. The monoisotopic (exact) mass is 431 g/mol. The van der Waals surface area contributed by atoms with E-state index in [1.807, 2.05) is 42.2 Å². The zero-order valence-corrected chi connectivity index (χ0v) is 17.3. The molecule has 3 N–H and O–H groups in total. The number of aromatic amines is 1. The summed E-state index contributed by atoms with van der Waals surface area (Å²) < 4.78 is 11.6. The van der Waals surface area contributed by atoms with E-state index in [1.165, 1.54) is 0 Å². The molecule has 4 rings (SSSR count). The van der Waals surface area contributed by atoms with Crippen LogP contribution in [0.3, 0.4) is 0 Å². The summed E-state index contributed by atoms with van der Waals surface area (Å²) in [7, 11) is 0. The van der Waals surface area contributed by atoms with E-state index in [2.05, 4.69) is 0 Å². The summed E-state index contributed by atoms with van der Waals surface area (Å²) in [5, 5.41) is 0. The van der Waals surface area contributed by atoms with Crippen LogP contribution in [-0.2, 0) is 13.2 Å². The molecular weight excluding hydrogens is 410 g/mol. The number of H-pyrrole nitrogens is 1. The number of primary amides is 1. The van der Waals surface area contributed by atoms with Gasteiger partial charge in [0.25, 0.3) is 0 Å². The molecule has 0 spiro atoms. The molecule has 0 aliphatic rings.